The van der Waals surface area contributed by atoms with Crippen molar-refractivity contribution in [2.45, 2.75) is 19.6 Å². The highest BCUT2D eigenvalue weighted by molar-refractivity contribution is 6.00. The number of aromatic nitrogens is 1. The highest BCUT2D eigenvalue weighted by Crippen LogP contribution is 2.33. The van der Waals surface area contributed by atoms with Gasteiger partial charge in [0, 0.05) is 17.7 Å². The number of carbonyl (C=O) groups is 1. The van der Waals surface area contributed by atoms with Crippen LogP contribution in [0.3, 0.4) is 0 Å². The Kier molecular flexibility index (Phi) is 5.17. The number of hydrogen-bond acceptors (Lipinski definition) is 3. The van der Waals surface area contributed by atoms with Crippen molar-refractivity contribution in [3.05, 3.63) is 76.5 Å². The van der Waals surface area contributed by atoms with Gasteiger partial charge < -0.3 is 9.84 Å². The lowest BCUT2D eigenvalue weighted by Gasteiger charge is -2.09. The first-order valence-electron chi connectivity index (χ1n) is 8.03. The third-order valence-electron chi connectivity index (χ3n) is 4.01. The quantitative estimate of drug-likeness (QED) is 0.640. The van der Waals surface area contributed by atoms with Crippen molar-refractivity contribution in [2.24, 2.45) is 0 Å². The van der Waals surface area contributed by atoms with Gasteiger partial charge in [0.05, 0.1) is 11.3 Å². The van der Waals surface area contributed by atoms with Crippen LogP contribution in [0, 0.1) is 18.6 Å². The Labute approximate surface area is 156 Å². The molecule has 2 aromatic carbocycles. The van der Waals surface area contributed by atoms with Gasteiger partial charge >= 0.3 is 6.18 Å². The second-order valence-corrected chi connectivity index (χ2v) is 5.95. The molecule has 1 N–H and O–H groups in total. The second kappa shape index (κ2) is 7.41. The molecule has 9 heteroatoms. The summed E-state index contributed by atoms with van der Waals surface area (Å²) in [4.78, 5) is 12.5. The second-order valence-electron chi connectivity index (χ2n) is 5.95. The molecule has 0 aliphatic heterocycles. The van der Waals surface area contributed by atoms with Gasteiger partial charge in [-0.25, -0.2) is 8.78 Å². The molecule has 0 radical (unpaired) electrons. The summed E-state index contributed by atoms with van der Waals surface area (Å²) in [6, 6.07) is 7.78. The van der Waals surface area contributed by atoms with Gasteiger partial charge in [-0.05, 0) is 25.1 Å². The van der Waals surface area contributed by atoms with Crippen LogP contribution in [0.5, 0.6) is 0 Å². The molecule has 3 rings (SSSR count). The molecule has 0 spiro atoms. The van der Waals surface area contributed by atoms with Crippen LogP contribution in [0.1, 0.15) is 27.2 Å². The lowest BCUT2D eigenvalue weighted by Crippen LogP contribution is -2.24. The molecule has 0 atom stereocenters. The number of halogens is 5. The fraction of sp³-hybridized carbons (Fsp3) is 0.158. The maximum Gasteiger partial charge on any atom is 0.416 e. The summed E-state index contributed by atoms with van der Waals surface area (Å²) in [6.07, 6.45) is -4.57. The van der Waals surface area contributed by atoms with Crippen molar-refractivity contribution in [2.75, 3.05) is 0 Å². The molecular weight excluding hydrogens is 383 g/mol. The molecule has 0 fully saturated rings. The van der Waals surface area contributed by atoms with E-state index in [0.29, 0.717) is 0 Å². The Morgan fingerprint density at radius 2 is 1.86 bits per heavy atom. The zero-order valence-corrected chi connectivity index (χ0v) is 14.4. The monoisotopic (exact) mass is 396 g/mol. The van der Waals surface area contributed by atoms with Crippen molar-refractivity contribution in [3.63, 3.8) is 0 Å². The average molecular weight is 396 g/mol. The van der Waals surface area contributed by atoms with Crippen LogP contribution in [-0.2, 0) is 12.7 Å². The number of benzene rings is 2. The number of carbonyl (C=O) groups excluding carboxylic acids is 1. The normalized spacial score (nSPS) is 11.5. The summed E-state index contributed by atoms with van der Waals surface area (Å²) < 4.78 is 70.8. The summed E-state index contributed by atoms with van der Waals surface area (Å²) in [5.74, 6) is -3.05. The molecule has 0 bridgehead atoms. The summed E-state index contributed by atoms with van der Waals surface area (Å²) in [5, 5.41) is 6.04. The van der Waals surface area contributed by atoms with Crippen molar-refractivity contribution >= 4 is 5.91 Å². The highest BCUT2D eigenvalue weighted by Gasteiger charge is 2.31. The van der Waals surface area contributed by atoms with Gasteiger partial charge in [0.15, 0.2) is 17.4 Å². The predicted octanol–water partition coefficient (Wildman–Crippen LogP) is 4.88. The number of hydrogen-bond donors (Lipinski definition) is 1. The molecule has 0 saturated heterocycles. The van der Waals surface area contributed by atoms with Crippen molar-refractivity contribution in [3.8, 4) is 11.3 Å². The summed E-state index contributed by atoms with van der Waals surface area (Å²) in [7, 11) is 0. The van der Waals surface area contributed by atoms with Crippen LogP contribution in [0.2, 0.25) is 0 Å². The first kappa shape index (κ1) is 19.5. The van der Waals surface area contributed by atoms with E-state index in [-0.39, 0.29) is 34.7 Å². The van der Waals surface area contributed by atoms with Gasteiger partial charge in [0.2, 0.25) is 0 Å². The molecule has 28 heavy (non-hydrogen) atoms. The molecule has 0 saturated carbocycles. The zero-order valence-electron chi connectivity index (χ0n) is 14.4. The third kappa shape index (κ3) is 3.88. The molecule has 146 valence electrons. The van der Waals surface area contributed by atoms with Crippen LogP contribution in [0.25, 0.3) is 11.3 Å². The fourth-order valence-corrected chi connectivity index (χ4v) is 2.62. The van der Waals surface area contributed by atoms with Gasteiger partial charge in [-0.15, -0.1) is 0 Å². The topological polar surface area (TPSA) is 55.1 Å². The first-order chi connectivity index (χ1) is 13.2. The van der Waals surface area contributed by atoms with E-state index >= 15 is 0 Å². The molecule has 0 aliphatic carbocycles. The van der Waals surface area contributed by atoms with E-state index in [4.69, 9.17) is 4.52 Å². The molecule has 3 aromatic rings. The van der Waals surface area contributed by atoms with E-state index in [0.717, 1.165) is 18.2 Å². The SMILES string of the molecule is Cc1noc(-c2cccc(C(F)(F)F)c2)c1C(=O)NCc1cccc(F)c1F. The van der Waals surface area contributed by atoms with E-state index in [9.17, 15) is 26.7 Å². The van der Waals surface area contributed by atoms with Crippen LogP contribution in [0.15, 0.2) is 47.0 Å². The van der Waals surface area contributed by atoms with Crippen LogP contribution in [0.4, 0.5) is 22.0 Å². The minimum absolute atomic E-state index is 0.0116. The minimum Gasteiger partial charge on any atom is -0.355 e. The Balaban J connectivity index is 1.89. The maximum atomic E-state index is 13.7. The standard InChI is InChI=1S/C19H13F5N2O2/c1-10-15(18(27)25-9-12-5-3-7-14(20)16(12)21)17(28-26-10)11-4-2-6-13(8-11)19(22,23)24/h2-8H,9H2,1H3,(H,25,27). The first-order valence-corrected chi connectivity index (χ1v) is 8.03. The number of rotatable bonds is 4. The van der Waals surface area contributed by atoms with E-state index < -0.39 is 29.3 Å². The largest absolute Gasteiger partial charge is 0.416 e. The van der Waals surface area contributed by atoms with Gasteiger partial charge in [0.25, 0.3) is 5.91 Å². The lowest BCUT2D eigenvalue weighted by atomic mass is 10.0. The highest BCUT2D eigenvalue weighted by atomic mass is 19.4. The Morgan fingerprint density at radius 3 is 2.57 bits per heavy atom. The zero-order chi connectivity index (χ0) is 20.5. The van der Waals surface area contributed by atoms with Crippen molar-refractivity contribution in [1.29, 1.82) is 0 Å². The average Bonchev–Trinajstić information content (AvgIpc) is 3.04. The molecule has 1 heterocycles. The Bertz CT molecular complexity index is 1030. The predicted molar refractivity (Wildman–Crippen MR) is 89.2 cm³/mol. The number of aryl methyl sites for hydroxylation is 1. The number of alkyl halides is 3. The van der Waals surface area contributed by atoms with Gasteiger partial charge in [-0.2, -0.15) is 13.2 Å². The van der Waals surface area contributed by atoms with E-state index in [1.54, 1.807) is 0 Å². The minimum atomic E-state index is -4.57. The van der Waals surface area contributed by atoms with E-state index in [2.05, 4.69) is 10.5 Å². The fourth-order valence-electron chi connectivity index (χ4n) is 2.62. The number of nitrogens with zero attached hydrogens (tertiary/aromatic N) is 1. The molecular formula is C19H13F5N2O2. The number of amides is 1. The van der Waals surface area contributed by atoms with E-state index in [1.807, 2.05) is 0 Å². The molecule has 0 aliphatic rings. The van der Waals surface area contributed by atoms with E-state index in [1.165, 1.54) is 31.2 Å². The van der Waals surface area contributed by atoms with Gasteiger partial charge in [0.1, 0.15) is 5.56 Å². The molecule has 1 amide bonds. The van der Waals surface area contributed by atoms with Crippen molar-refractivity contribution in [1.82, 2.24) is 10.5 Å². The third-order valence-corrected chi connectivity index (χ3v) is 4.01. The van der Waals surface area contributed by atoms with Crippen LogP contribution < -0.4 is 5.32 Å². The van der Waals surface area contributed by atoms with Gasteiger partial charge in [-0.3, -0.25) is 4.79 Å². The van der Waals surface area contributed by atoms with Crippen LogP contribution in [-0.4, -0.2) is 11.1 Å². The lowest BCUT2D eigenvalue weighted by molar-refractivity contribution is -0.137. The number of nitrogens with one attached hydrogen (secondary N) is 1. The van der Waals surface area contributed by atoms with Crippen molar-refractivity contribution < 1.29 is 31.3 Å². The summed E-state index contributed by atoms with van der Waals surface area (Å²) in [5.41, 5.74) is -0.923. The molecule has 0 unspecified atom stereocenters. The summed E-state index contributed by atoms with van der Waals surface area (Å²) >= 11 is 0. The maximum absolute atomic E-state index is 13.7. The van der Waals surface area contributed by atoms with Crippen LogP contribution >= 0.6 is 0 Å². The summed E-state index contributed by atoms with van der Waals surface area (Å²) in [6.45, 7) is 1.12. The smallest absolute Gasteiger partial charge is 0.355 e. The molecule has 4 nitrogen and oxygen atoms in total. The molecule has 1 aromatic heterocycles. The Hall–Kier alpha value is -3.23. The Morgan fingerprint density at radius 1 is 1.14 bits per heavy atom. The van der Waals surface area contributed by atoms with Gasteiger partial charge in [-0.1, -0.05) is 29.4 Å².